The van der Waals surface area contributed by atoms with Crippen LogP contribution in [-0.2, 0) is 12.8 Å². The molecule has 1 aliphatic rings. The molecule has 0 bridgehead atoms. The minimum Gasteiger partial charge on any atom is -0.310 e. The molecule has 0 spiro atoms. The number of benzene rings is 1. The largest absolute Gasteiger partial charge is 0.310 e. The molecule has 0 aromatic heterocycles. The molecule has 0 saturated carbocycles. The maximum absolute atomic E-state index is 3.73. The van der Waals surface area contributed by atoms with Crippen LogP contribution in [0.15, 0.2) is 35.3 Å². The van der Waals surface area contributed by atoms with Crippen molar-refractivity contribution >= 4 is 15.9 Å². The zero-order valence-corrected chi connectivity index (χ0v) is 10.4. The average molecular weight is 266 g/mol. The Bertz CT molecular complexity index is 360. The van der Waals surface area contributed by atoms with E-state index < -0.39 is 0 Å². The Balaban J connectivity index is 2.06. The van der Waals surface area contributed by atoms with Gasteiger partial charge in [0.15, 0.2) is 0 Å². The van der Waals surface area contributed by atoms with E-state index in [1.165, 1.54) is 28.4 Å². The molecule has 1 aromatic rings. The van der Waals surface area contributed by atoms with Crippen molar-refractivity contribution in [2.24, 2.45) is 0 Å². The third-order valence-electron chi connectivity index (χ3n) is 2.95. The van der Waals surface area contributed by atoms with Gasteiger partial charge in [0, 0.05) is 17.1 Å². The van der Waals surface area contributed by atoms with E-state index >= 15 is 0 Å². The van der Waals surface area contributed by atoms with Gasteiger partial charge in [0.1, 0.15) is 0 Å². The second kappa shape index (κ2) is 4.95. The molecule has 15 heavy (non-hydrogen) atoms. The van der Waals surface area contributed by atoms with Gasteiger partial charge in [0.2, 0.25) is 0 Å². The summed E-state index contributed by atoms with van der Waals surface area (Å²) in [4.78, 5) is 0. The van der Waals surface area contributed by atoms with Crippen molar-refractivity contribution < 1.29 is 0 Å². The van der Waals surface area contributed by atoms with Crippen LogP contribution in [0.4, 0.5) is 0 Å². The lowest BCUT2D eigenvalue weighted by molar-refractivity contribution is 0.479. The first-order valence-electron chi connectivity index (χ1n) is 5.41. The van der Waals surface area contributed by atoms with Crippen molar-refractivity contribution in [3.63, 3.8) is 0 Å². The number of aryl methyl sites for hydroxylation is 1. The van der Waals surface area contributed by atoms with E-state index in [4.69, 9.17) is 0 Å². The van der Waals surface area contributed by atoms with Crippen molar-refractivity contribution in [1.82, 2.24) is 5.32 Å². The van der Waals surface area contributed by atoms with Gasteiger partial charge in [-0.1, -0.05) is 28.1 Å². The van der Waals surface area contributed by atoms with E-state index in [0.717, 1.165) is 13.0 Å². The van der Waals surface area contributed by atoms with Crippen LogP contribution in [0.2, 0.25) is 0 Å². The Hall–Kier alpha value is -0.600. The number of nitrogens with one attached hydrogen (secondary N) is 1. The highest BCUT2D eigenvalue weighted by Crippen LogP contribution is 2.24. The summed E-state index contributed by atoms with van der Waals surface area (Å²) >= 11 is 3.52. The molecular formula is C13H16BrN. The third-order valence-corrected chi connectivity index (χ3v) is 3.44. The van der Waals surface area contributed by atoms with Crippen molar-refractivity contribution in [2.45, 2.75) is 25.3 Å². The molecule has 0 fully saturated rings. The molecule has 2 heteroatoms. The highest BCUT2D eigenvalue weighted by molar-refractivity contribution is 9.10. The second-order valence-electron chi connectivity index (χ2n) is 4.05. The van der Waals surface area contributed by atoms with Crippen molar-refractivity contribution in [3.8, 4) is 0 Å². The first-order valence-corrected chi connectivity index (χ1v) is 6.20. The first kappa shape index (κ1) is 10.9. The van der Waals surface area contributed by atoms with Crippen LogP contribution in [-0.4, -0.2) is 12.6 Å². The van der Waals surface area contributed by atoms with Gasteiger partial charge >= 0.3 is 0 Å². The second-order valence-corrected chi connectivity index (χ2v) is 4.97. The molecule has 0 saturated heterocycles. The van der Waals surface area contributed by atoms with Gasteiger partial charge in [0.25, 0.3) is 0 Å². The van der Waals surface area contributed by atoms with Crippen LogP contribution in [0.1, 0.15) is 17.5 Å². The van der Waals surface area contributed by atoms with Gasteiger partial charge in [-0.25, -0.2) is 0 Å². The Morgan fingerprint density at radius 3 is 3.13 bits per heavy atom. The standard InChI is InChI=1S/C13H16BrN/c1-2-7-15-13-6-4-10-8-12(14)5-3-11(10)9-13/h2-3,5,8,13,15H,1,4,6-7,9H2. The van der Waals surface area contributed by atoms with Gasteiger partial charge in [-0.05, 0) is 42.5 Å². The molecule has 80 valence electrons. The van der Waals surface area contributed by atoms with Crippen LogP contribution in [0.25, 0.3) is 0 Å². The van der Waals surface area contributed by atoms with Gasteiger partial charge in [-0.15, -0.1) is 6.58 Å². The molecule has 0 amide bonds. The Kier molecular flexibility index (Phi) is 3.60. The first-order chi connectivity index (χ1) is 7.29. The number of fused-ring (bicyclic) bond motifs is 1. The minimum atomic E-state index is 0.622. The number of halogens is 1. The van der Waals surface area contributed by atoms with Crippen LogP contribution < -0.4 is 5.32 Å². The highest BCUT2D eigenvalue weighted by atomic mass is 79.9. The monoisotopic (exact) mass is 265 g/mol. The fourth-order valence-electron chi connectivity index (χ4n) is 2.15. The molecule has 0 heterocycles. The number of hydrogen-bond acceptors (Lipinski definition) is 1. The molecule has 1 aromatic carbocycles. The summed E-state index contributed by atoms with van der Waals surface area (Å²) in [7, 11) is 0. The Morgan fingerprint density at radius 1 is 1.47 bits per heavy atom. The van der Waals surface area contributed by atoms with Crippen molar-refractivity contribution in [1.29, 1.82) is 0 Å². The molecule has 0 aliphatic heterocycles. The zero-order chi connectivity index (χ0) is 10.7. The molecule has 2 rings (SSSR count). The van der Waals surface area contributed by atoms with E-state index in [9.17, 15) is 0 Å². The fraction of sp³-hybridized carbons (Fsp3) is 0.385. The quantitative estimate of drug-likeness (QED) is 0.829. The van der Waals surface area contributed by atoms with E-state index in [1.807, 2.05) is 6.08 Å². The van der Waals surface area contributed by atoms with Gasteiger partial charge in [-0.2, -0.15) is 0 Å². The molecular weight excluding hydrogens is 250 g/mol. The minimum absolute atomic E-state index is 0.622. The van der Waals surface area contributed by atoms with Crippen LogP contribution >= 0.6 is 15.9 Å². The lowest BCUT2D eigenvalue weighted by atomic mass is 9.88. The van der Waals surface area contributed by atoms with E-state index in [0.29, 0.717) is 6.04 Å². The normalized spacial score (nSPS) is 19.7. The third kappa shape index (κ3) is 2.70. The summed E-state index contributed by atoms with van der Waals surface area (Å²) in [6.07, 6.45) is 5.49. The lowest BCUT2D eigenvalue weighted by Crippen LogP contribution is -2.34. The number of rotatable bonds is 3. The zero-order valence-electron chi connectivity index (χ0n) is 8.80. The summed E-state index contributed by atoms with van der Waals surface area (Å²) in [5.74, 6) is 0. The maximum Gasteiger partial charge on any atom is 0.0178 e. The molecule has 1 nitrogen and oxygen atoms in total. The smallest absolute Gasteiger partial charge is 0.0178 e. The van der Waals surface area contributed by atoms with Crippen LogP contribution in [0.5, 0.6) is 0 Å². The van der Waals surface area contributed by atoms with Crippen molar-refractivity contribution in [3.05, 3.63) is 46.5 Å². The van der Waals surface area contributed by atoms with Crippen LogP contribution in [0, 0.1) is 0 Å². The SMILES string of the molecule is C=CCNC1CCc2cc(Br)ccc2C1. The average Bonchev–Trinajstić information content (AvgIpc) is 2.26. The fourth-order valence-corrected chi connectivity index (χ4v) is 2.56. The van der Waals surface area contributed by atoms with E-state index in [2.05, 4.69) is 46.0 Å². The summed E-state index contributed by atoms with van der Waals surface area (Å²) < 4.78 is 1.19. The van der Waals surface area contributed by atoms with E-state index in [-0.39, 0.29) is 0 Å². The van der Waals surface area contributed by atoms with Crippen LogP contribution in [0.3, 0.4) is 0 Å². The summed E-state index contributed by atoms with van der Waals surface area (Å²) in [5, 5.41) is 3.50. The lowest BCUT2D eigenvalue weighted by Gasteiger charge is -2.25. The highest BCUT2D eigenvalue weighted by Gasteiger charge is 2.17. The molecule has 1 N–H and O–H groups in total. The molecule has 1 unspecified atom stereocenters. The predicted octanol–water partition coefficient (Wildman–Crippen LogP) is 3.08. The number of hydrogen-bond donors (Lipinski definition) is 1. The topological polar surface area (TPSA) is 12.0 Å². The summed E-state index contributed by atoms with van der Waals surface area (Å²) in [5.41, 5.74) is 2.99. The maximum atomic E-state index is 3.73. The molecule has 1 atom stereocenters. The summed E-state index contributed by atoms with van der Waals surface area (Å²) in [6, 6.07) is 7.24. The summed E-state index contributed by atoms with van der Waals surface area (Å²) in [6.45, 7) is 4.65. The molecule has 0 radical (unpaired) electrons. The van der Waals surface area contributed by atoms with Gasteiger partial charge < -0.3 is 5.32 Å². The predicted molar refractivity (Wildman–Crippen MR) is 68.2 cm³/mol. The molecule has 1 aliphatic carbocycles. The van der Waals surface area contributed by atoms with Gasteiger partial charge in [-0.3, -0.25) is 0 Å². The Morgan fingerprint density at radius 2 is 2.33 bits per heavy atom. The van der Waals surface area contributed by atoms with E-state index in [1.54, 1.807) is 0 Å². The van der Waals surface area contributed by atoms with Crippen molar-refractivity contribution in [2.75, 3.05) is 6.54 Å². The van der Waals surface area contributed by atoms with Gasteiger partial charge in [0.05, 0.1) is 0 Å². The Labute approximate surface area is 99.7 Å².